The Morgan fingerprint density at radius 3 is 0.823 bits per heavy atom. The number of ether oxygens (including phenoxy) is 3. The summed E-state index contributed by atoms with van der Waals surface area (Å²) in [6.07, 6.45) is 92.4. The maximum Gasteiger partial charge on any atom is 0.306 e. The van der Waals surface area contributed by atoms with Gasteiger partial charge in [0.25, 0.3) is 0 Å². The number of esters is 3. The van der Waals surface area contributed by atoms with Crippen LogP contribution in [0.3, 0.4) is 0 Å². The van der Waals surface area contributed by atoms with Crippen molar-refractivity contribution in [3.63, 3.8) is 0 Å². The second-order valence-electron chi connectivity index (χ2n) is 21.6. The van der Waals surface area contributed by atoms with Crippen molar-refractivity contribution in [2.75, 3.05) is 13.2 Å². The molecule has 0 aliphatic rings. The average Bonchev–Trinajstić information content (AvgIpc) is 3.45. The first-order valence-electron chi connectivity index (χ1n) is 33.0. The molecular formula is C73H122O6. The van der Waals surface area contributed by atoms with Crippen LogP contribution in [0, 0.1) is 0 Å². The third-order valence-corrected chi connectivity index (χ3v) is 13.9. The molecule has 0 aromatic heterocycles. The van der Waals surface area contributed by atoms with E-state index >= 15 is 0 Å². The van der Waals surface area contributed by atoms with Crippen LogP contribution < -0.4 is 0 Å². The molecule has 1 unspecified atom stereocenters. The zero-order chi connectivity index (χ0) is 57.1. The predicted molar refractivity (Wildman–Crippen MR) is 343 cm³/mol. The lowest BCUT2D eigenvalue weighted by Gasteiger charge is -2.18. The average molecular weight is 1100 g/mol. The van der Waals surface area contributed by atoms with Crippen molar-refractivity contribution in [2.45, 2.75) is 309 Å². The van der Waals surface area contributed by atoms with E-state index in [1.807, 2.05) is 0 Å². The van der Waals surface area contributed by atoms with Crippen LogP contribution in [0.4, 0.5) is 0 Å². The Morgan fingerprint density at radius 2 is 0.506 bits per heavy atom. The topological polar surface area (TPSA) is 78.9 Å². The maximum absolute atomic E-state index is 12.9. The zero-order valence-corrected chi connectivity index (χ0v) is 51.6. The van der Waals surface area contributed by atoms with Gasteiger partial charge in [-0.05, 0) is 116 Å². The summed E-state index contributed by atoms with van der Waals surface area (Å²) < 4.78 is 16.8. The molecule has 0 saturated carbocycles. The van der Waals surface area contributed by atoms with E-state index < -0.39 is 6.10 Å². The molecule has 0 spiro atoms. The molecule has 1 atom stereocenters. The molecule has 0 aliphatic carbocycles. The highest BCUT2D eigenvalue weighted by Gasteiger charge is 2.19. The van der Waals surface area contributed by atoms with Gasteiger partial charge < -0.3 is 14.2 Å². The van der Waals surface area contributed by atoms with E-state index in [4.69, 9.17) is 14.2 Å². The molecule has 0 N–H and O–H groups in total. The number of carbonyl (C=O) groups is 3. The lowest BCUT2D eigenvalue weighted by atomic mass is 10.0. The van der Waals surface area contributed by atoms with Crippen LogP contribution >= 0.6 is 0 Å². The third kappa shape index (κ3) is 64.5. The van der Waals surface area contributed by atoms with Crippen molar-refractivity contribution in [3.8, 4) is 0 Å². The second kappa shape index (κ2) is 66.3. The lowest BCUT2D eigenvalue weighted by Crippen LogP contribution is -2.30. The summed E-state index contributed by atoms with van der Waals surface area (Å²) >= 11 is 0. The Hall–Kier alpha value is -4.19. The molecule has 0 heterocycles. The van der Waals surface area contributed by atoms with Crippen molar-refractivity contribution in [2.24, 2.45) is 0 Å². The summed E-state index contributed by atoms with van der Waals surface area (Å²) in [5.41, 5.74) is 0. The molecule has 0 aromatic carbocycles. The summed E-state index contributed by atoms with van der Waals surface area (Å²) in [5.74, 6) is -0.965. The SMILES string of the molecule is CC/C=C\C/C=C\C/C=C\C/C=C\C/C=C\CCCC(=O)OC(COC(=O)CCCCCCC/C=C\CCCC)COC(=O)CCCCCCCCCCCCCCCCCCCCCC/C=C\C/C=C\C/C=C\C/C=C\CC. The summed E-state index contributed by atoms with van der Waals surface area (Å²) in [6.45, 7) is 6.34. The molecule has 0 radical (unpaired) electrons. The van der Waals surface area contributed by atoms with Crippen LogP contribution in [0.15, 0.2) is 122 Å². The first kappa shape index (κ1) is 74.8. The first-order valence-corrected chi connectivity index (χ1v) is 33.0. The van der Waals surface area contributed by atoms with Gasteiger partial charge in [-0.2, -0.15) is 0 Å². The van der Waals surface area contributed by atoms with Gasteiger partial charge in [0.1, 0.15) is 13.2 Å². The van der Waals surface area contributed by atoms with E-state index in [9.17, 15) is 14.4 Å². The van der Waals surface area contributed by atoms with Crippen molar-refractivity contribution < 1.29 is 28.6 Å². The lowest BCUT2D eigenvalue weighted by molar-refractivity contribution is -0.167. The van der Waals surface area contributed by atoms with Crippen molar-refractivity contribution >= 4 is 17.9 Å². The fourth-order valence-electron chi connectivity index (χ4n) is 9.04. The quantitative estimate of drug-likeness (QED) is 0.0261. The molecule has 6 heteroatoms. The Kier molecular flexibility index (Phi) is 62.8. The van der Waals surface area contributed by atoms with Crippen molar-refractivity contribution in [1.82, 2.24) is 0 Å². The molecule has 0 bridgehead atoms. The highest BCUT2D eigenvalue weighted by Crippen LogP contribution is 2.17. The predicted octanol–water partition coefficient (Wildman–Crippen LogP) is 22.8. The summed E-state index contributed by atoms with van der Waals surface area (Å²) in [7, 11) is 0. The van der Waals surface area contributed by atoms with Gasteiger partial charge in [-0.25, -0.2) is 0 Å². The Balaban J connectivity index is 4.17. The van der Waals surface area contributed by atoms with Crippen LogP contribution in [-0.2, 0) is 28.6 Å². The van der Waals surface area contributed by atoms with E-state index in [2.05, 4.69) is 142 Å². The highest BCUT2D eigenvalue weighted by molar-refractivity contribution is 5.71. The van der Waals surface area contributed by atoms with Gasteiger partial charge in [0.05, 0.1) is 0 Å². The number of allylic oxidation sites excluding steroid dienone is 20. The standard InChI is InChI=1S/C73H122O6/c1-4-7-10-13-16-19-22-24-26-28-29-30-31-32-33-34-35-36-37-38-39-40-41-42-43-45-46-48-51-54-57-60-63-66-72(75)78-69-70(68-77-71(74)65-62-59-56-53-50-21-18-15-12-9-6-3)79-73(76)67-64-61-58-55-52-49-47-44-27-25-23-20-17-14-11-8-5-2/h7-8,10-11,15-20,24-27,29-30,47,49,55,58,70H,4-6,9,12-14,21-23,28,31-46,48,50-54,56-57,59-69H2,1-3H3/b10-7-,11-8-,18-15-,19-16-,20-17-,26-24-,27-25-,30-29-,49-47-,58-55-. The second-order valence-corrected chi connectivity index (χ2v) is 21.6. The van der Waals surface area contributed by atoms with Gasteiger partial charge in [-0.15, -0.1) is 0 Å². The summed E-state index contributed by atoms with van der Waals surface area (Å²) in [5, 5.41) is 0. The number of carbonyl (C=O) groups excluding carboxylic acids is 3. The van der Waals surface area contributed by atoms with Crippen molar-refractivity contribution in [3.05, 3.63) is 122 Å². The number of unbranched alkanes of at least 4 members (excludes halogenated alkanes) is 28. The van der Waals surface area contributed by atoms with E-state index in [0.717, 1.165) is 116 Å². The molecule has 0 rings (SSSR count). The molecule has 450 valence electrons. The molecule has 0 aliphatic heterocycles. The number of hydrogen-bond acceptors (Lipinski definition) is 6. The zero-order valence-electron chi connectivity index (χ0n) is 51.6. The Labute approximate surface area is 488 Å². The Morgan fingerprint density at radius 1 is 0.266 bits per heavy atom. The molecule has 0 aromatic rings. The van der Waals surface area contributed by atoms with Gasteiger partial charge >= 0.3 is 17.9 Å². The van der Waals surface area contributed by atoms with E-state index in [-0.39, 0.29) is 37.5 Å². The van der Waals surface area contributed by atoms with Gasteiger partial charge in [-0.3, -0.25) is 14.4 Å². The van der Waals surface area contributed by atoms with Gasteiger partial charge in [0.2, 0.25) is 0 Å². The van der Waals surface area contributed by atoms with Crippen LogP contribution in [0.2, 0.25) is 0 Å². The fraction of sp³-hybridized carbons (Fsp3) is 0.685. The van der Waals surface area contributed by atoms with Crippen LogP contribution in [-0.4, -0.2) is 37.2 Å². The third-order valence-electron chi connectivity index (χ3n) is 13.9. The molecule has 0 amide bonds. The van der Waals surface area contributed by atoms with Gasteiger partial charge in [-0.1, -0.05) is 290 Å². The number of rotatable bonds is 59. The van der Waals surface area contributed by atoms with Gasteiger partial charge in [0.15, 0.2) is 6.10 Å². The minimum Gasteiger partial charge on any atom is -0.462 e. The molecule has 6 nitrogen and oxygen atoms in total. The largest absolute Gasteiger partial charge is 0.462 e. The summed E-state index contributed by atoms with van der Waals surface area (Å²) in [4.78, 5) is 38.2. The molecule has 0 fully saturated rings. The normalized spacial score (nSPS) is 12.9. The minimum absolute atomic E-state index is 0.102. The Bertz CT molecular complexity index is 1640. The minimum atomic E-state index is -0.812. The van der Waals surface area contributed by atoms with Gasteiger partial charge in [0, 0.05) is 19.3 Å². The van der Waals surface area contributed by atoms with E-state index in [0.29, 0.717) is 19.3 Å². The highest BCUT2D eigenvalue weighted by atomic mass is 16.6. The van der Waals surface area contributed by atoms with E-state index in [1.54, 1.807) is 0 Å². The monoisotopic (exact) mass is 1090 g/mol. The summed E-state index contributed by atoms with van der Waals surface area (Å²) in [6, 6.07) is 0. The molecular weight excluding hydrogens is 973 g/mol. The first-order chi connectivity index (χ1) is 39.0. The van der Waals surface area contributed by atoms with Crippen LogP contribution in [0.1, 0.15) is 303 Å². The van der Waals surface area contributed by atoms with Crippen molar-refractivity contribution in [1.29, 1.82) is 0 Å². The number of hydrogen-bond donors (Lipinski definition) is 0. The maximum atomic E-state index is 12.9. The van der Waals surface area contributed by atoms with Crippen LogP contribution in [0.5, 0.6) is 0 Å². The smallest absolute Gasteiger partial charge is 0.306 e. The van der Waals surface area contributed by atoms with Crippen LogP contribution in [0.25, 0.3) is 0 Å². The molecule has 79 heavy (non-hydrogen) atoms. The fourth-order valence-corrected chi connectivity index (χ4v) is 9.04. The molecule has 0 saturated heterocycles. The van der Waals surface area contributed by atoms with E-state index in [1.165, 1.54) is 141 Å².